The second-order valence-electron chi connectivity index (χ2n) is 8.75. The molecule has 1 aliphatic heterocycles. The summed E-state index contributed by atoms with van der Waals surface area (Å²) in [5.41, 5.74) is 1.44. The first kappa shape index (κ1) is 20.9. The number of aromatic nitrogens is 3. The Bertz CT molecular complexity index is 1150. The minimum absolute atomic E-state index is 0.0404. The Kier molecular flexibility index (Phi) is 5.33. The Labute approximate surface area is 185 Å². The number of carbonyl (C=O) groups is 1. The molecular formula is C24H27FN4O3. The third kappa shape index (κ3) is 3.62. The van der Waals surface area contributed by atoms with Crippen molar-refractivity contribution in [3.8, 4) is 5.69 Å². The summed E-state index contributed by atoms with van der Waals surface area (Å²) >= 11 is 0. The van der Waals surface area contributed by atoms with Gasteiger partial charge in [0.05, 0.1) is 35.6 Å². The molecule has 2 aromatic heterocycles. The number of carboxylic acid groups (broad SMARTS) is 1. The van der Waals surface area contributed by atoms with E-state index in [1.165, 1.54) is 0 Å². The van der Waals surface area contributed by atoms with Gasteiger partial charge in [-0.3, -0.25) is 0 Å². The van der Waals surface area contributed by atoms with Crippen LogP contribution in [0.2, 0.25) is 0 Å². The van der Waals surface area contributed by atoms with Crippen molar-refractivity contribution in [2.24, 2.45) is 0 Å². The maximum absolute atomic E-state index is 15.4. The van der Waals surface area contributed by atoms with Crippen LogP contribution in [-0.2, 0) is 4.74 Å². The van der Waals surface area contributed by atoms with Gasteiger partial charge in [0, 0.05) is 25.5 Å². The first-order chi connectivity index (χ1) is 15.5. The Balaban J connectivity index is 1.68. The third-order valence-corrected chi connectivity index (χ3v) is 6.57. The molecule has 1 unspecified atom stereocenters. The van der Waals surface area contributed by atoms with Crippen molar-refractivity contribution < 1.29 is 19.0 Å². The van der Waals surface area contributed by atoms with Gasteiger partial charge in [-0.2, -0.15) is 5.10 Å². The molecule has 3 heterocycles. The molecule has 2 fully saturated rings. The molecule has 1 saturated carbocycles. The van der Waals surface area contributed by atoms with Crippen LogP contribution in [0.4, 0.5) is 10.1 Å². The van der Waals surface area contributed by atoms with Gasteiger partial charge in [-0.1, -0.05) is 24.6 Å². The molecule has 3 aromatic rings. The third-order valence-electron chi connectivity index (χ3n) is 6.57. The molecule has 1 atom stereocenters. The fourth-order valence-corrected chi connectivity index (χ4v) is 4.64. The van der Waals surface area contributed by atoms with Gasteiger partial charge in [0.1, 0.15) is 0 Å². The Morgan fingerprint density at radius 3 is 2.75 bits per heavy atom. The highest BCUT2D eigenvalue weighted by Gasteiger charge is 2.40. The van der Waals surface area contributed by atoms with E-state index in [1.54, 1.807) is 10.7 Å². The number of fused-ring (bicyclic) bond motifs is 1. The van der Waals surface area contributed by atoms with Gasteiger partial charge in [0.15, 0.2) is 17.0 Å². The number of rotatable bonds is 7. The van der Waals surface area contributed by atoms with Gasteiger partial charge in [-0.25, -0.2) is 18.9 Å². The average Bonchev–Trinajstić information content (AvgIpc) is 3.33. The van der Waals surface area contributed by atoms with Crippen molar-refractivity contribution in [3.63, 3.8) is 0 Å². The summed E-state index contributed by atoms with van der Waals surface area (Å²) in [5.74, 6) is -0.806. The topological polar surface area (TPSA) is 80.5 Å². The fraction of sp³-hybridized carbons (Fsp3) is 0.458. The molecule has 0 amide bonds. The van der Waals surface area contributed by atoms with Gasteiger partial charge in [-0.15, -0.1) is 0 Å². The summed E-state index contributed by atoms with van der Waals surface area (Å²) in [5, 5.41) is 15.5. The number of aromatic carboxylic acids is 1. The predicted molar refractivity (Wildman–Crippen MR) is 120 cm³/mol. The smallest absolute Gasteiger partial charge is 0.354 e. The summed E-state index contributed by atoms with van der Waals surface area (Å²) in [7, 11) is 0. The molecule has 32 heavy (non-hydrogen) atoms. The van der Waals surface area contributed by atoms with Crippen LogP contribution in [0.15, 0.2) is 36.4 Å². The lowest BCUT2D eigenvalue weighted by Crippen LogP contribution is -2.34. The van der Waals surface area contributed by atoms with E-state index in [1.807, 2.05) is 42.2 Å². The standard InChI is InChI=1S/C24H27FN4O3/c1-2-32-15-24(25)11-12-28(14-24)19-13-18(23(30)31)26-22-20(19)21(16-7-6-8-16)27-29(22)17-9-4-3-5-10-17/h3-5,9-10,13,16H,2,6-8,11-12,14-15H2,1H3,(H,30,31). The van der Waals surface area contributed by atoms with Crippen LogP contribution in [0.3, 0.4) is 0 Å². The molecule has 8 heteroatoms. The average molecular weight is 439 g/mol. The zero-order valence-electron chi connectivity index (χ0n) is 18.1. The number of nitrogens with zero attached hydrogens (tertiary/aromatic N) is 4. The quantitative estimate of drug-likeness (QED) is 0.591. The zero-order chi connectivity index (χ0) is 22.3. The van der Waals surface area contributed by atoms with E-state index >= 15 is 4.39 Å². The monoisotopic (exact) mass is 438 g/mol. The highest BCUT2D eigenvalue weighted by Crippen LogP contribution is 2.44. The second kappa shape index (κ2) is 8.16. The fourth-order valence-electron chi connectivity index (χ4n) is 4.64. The summed E-state index contributed by atoms with van der Waals surface area (Å²) in [4.78, 5) is 18.4. The molecule has 0 radical (unpaired) electrons. The van der Waals surface area contributed by atoms with Crippen LogP contribution in [0.1, 0.15) is 54.7 Å². The lowest BCUT2D eigenvalue weighted by atomic mass is 9.82. The van der Waals surface area contributed by atoms with Gasteiger partial charge < -0.3 is 14.7 Å². The van der Waals surface area contributed by atoms with E-state index in [0.717, 1.165) is 36.0 Å². The van der Waals surface area contributed by atoms with Gasteiger partial charge in [0.2, 0.25) is 0 Å². The number of halogens is 1. The Morgan fingerprint density at radius 1 is 1.31 bits per heavy atom. The molecule has 168 valence electrons. The van der Waals surface area contributed by atoms with Gasteiger partial charge >= 0.3 is 5.97 Å². The number of hydrogen-bond donors (Lipinski definition) is 1. The van der Waals surface area contributed by atoms with Gasteiger partial charge in [-0.05, 0) is 38.0 Å². The summed E-state index contributed by atoms with van der Waals surface area (Å²) < 4.78 is 22.5. The molecule has 1 aromatic carbocycles. The van der Waals surface area contributed by atoms with Crippen LogP contribution < -0.4 is 4.90 Å². The highest BCUT2D eigenvalue weighted by atomic mass is 19.1. The van der Waals surface area contributed by atoms with E-state index in [0.29, 0.717) is 36.8 Å². The summed E-state index contributed by atoms with van der Waals surface area (Å²) in [6.45, 7) is 3.00. The van der Waals surface area contributed by atoms with Crippen LogP contribution in [0, 0.1) is 0 Å². The van der Waals surface area contributed by atoms with E-state index in [-0.39, 0.29) is 18.8 Å². The van der Waals surface area contributed by atoms with Crippen LogP contribution in [0.5, 0.6) is 0 Å². The van der Waals surface area contributed by atoms with Crippen LogP contribution in [0.25, 0.3) is 16.7 Å². The van der Waals surface area contributed by atoms with E-state index in [4.69, 9.17) is 9.84 Å². The predicted octanol–water partition coefficient (Wildman–Crippen LogP) is 4.34. The van der Waals surface area contributed by atoms with Crippen LogP contribution >= 0.6 is 0 Å². The molecule has 1 aliphatic carbocycles. The largest absolute Gasteiger partial charge is 0.477 e. The highest BCUT2D eigenvalue weighted by molar-refractivity contribution is 5.98. The minimum Gasteiger partial charge on any atom is -0.477 e. The second-order valence-corrected chi connectivity index (χ2v) is 8.75. The number of para-hydroxylation sites is 1. The van der Waals surface area contributed by atoms with E-state index in [2.05, 4.69) is 4.98 Å². The summed E-state index contributed by atoms with van der Waals surface area (Å²) in [6, 6.07) is 11.2. The Morgan fingerprint density at radius 2 is 2.09 bits per heavy atom. The SMILES string of the molecule is CCOCC1(F)CCN(c2cc(C(=O)O)nc3c2c(C2CCC2)nn3-c2ccccc2)C1. The molecule has 2 aliphatic rings. The number of anilines is 1. The van der Waals surface area contributed by atoms with Crippen molar-refractivity contribution in [2.75, 3.05) is 31.2 Å². The number of carboxylic acids is 1. The number of benzene rings is 1. The van der Waals surface area contributed by atoms with Gasteiger partial charge in [0.25, 0.3) is 0 Å². The molecular weight excluding hydrogens is 411 g/mol. The minimum atomic E-state index is -1.46. The molecule has 0 spiro atoms. The normalized spacial score (nSPS) is 21.2. The number of pyridine rings is 1. The van der Waals surface area contributed by atoms with Crippen molar-refractivity contribution in [2.45, 2.75) is 44.2 Å². The number of hydrogen-bond acceptors (Lipinski definition) is 5. The Hall–Kier alpha value is -3.00. The number of alkyl halides is 1. The van der Waals surface area contributed by atoms with Crippen molar-refractivity contribution in [3.05, 3.63) is 47.8 Å². The molecule has 5 rings (SSSR count). The summed E-state index contributed by atoms with van der Waals surface area (Å²) in [6.07, 6.45) is 3.56. The van der Waals surface area contributed by atoms with E-state index in [9.17, 15) is 9.90 Å². The van der Waals surface area contributed by atoms with E-state index < -0.39 is 11.6 Å². The van der Waals surface area contributed by atoms with Crippen LogP contribution in [-0.4, -0.2) is 57.8 Å². The number of ether oxygens (including phenoxy) is 1. The molecule has 1 saturated heterocycles. The first-order valence-electron chi connectivity index (χ1n) is 11.2. The zero-order valence-corrected chi connectivity index (χ0v) is 18.1. The van der Waals surface area contributed by atoms with Crippen molar-refractivity contribution >= 4 is 22.7 Å². The first-order valence-corrected chi connectivity index (χ1v) is 11.2. The molecule has 7 nitrogen and oxygen atoms in total. The molecule has 0 bridgehead atoms. The van der Waals surface area contributed by atoms with Crippen molar-refractivity contribution in [1.82, 2.24) is 14.8 Å². The van der Waals surface area contributed by atoms with Crippen molar-refractivity contribution in [1.29, 1.82) is 0 Å². The lowest BCUT2D eigenvalue weighted by Gasteiger charge is -2.26. The maximum Gasteiger partial charge on any atom is 0.354 e. The lowest BCUT2D eigenvalue weighted by molar-refractivity contribution is 0.0338. The maximum atomic E-state index is 15.4. The molecule has 1 N–H and O–H groups in total.